The van der Waals surface area contributed by atoms with Gasteiger partial charge < -0.3 is 5.32 Å². The second kappa shape index (κ2) is 7.20. The van der Waals surface area contributed by atoms with Crippen molar-refractivity contribution >= 4 is 17.7 Å². The number of nitriles is 1. The van der Waals surface area contributed by atoms with Crippen LogP contribution < -0.4 is 5.32 Å². The number of carbonyl (C=O) groups is 1. The van der Waals surface area contributed by atoms with Crippen LogP contribution >= 0.6 is 11.8 Å². The zero-order valence-electron chi connectivity index (χ0n) is 10.9. The minimum absolute atomic E-state index is 0.0934. The van der Waals surface area contributed by atoms with Crippen LogP contribution in [0.5, 0.6) is 0 Å². The van der Waals surface area contributed by atoms with Gasteiger partial charge in [-0.1, -0.05) is 18.9 Å². The fraction of sp³-hybridized carbons (Fsp3) is 0.467. The molecule has 0 atom stereocenters. The second-order valence-corrected chi connectivity index (χ2v) is 6.13. The molecule has 100 valence electrons. The van der Waals surface area contributed by atoms with Crippen molar-refractivity contribution in [1.29, 1.82) is 5.26 Å². The van der Waals surface area contributed by atoms with Gasteiger partial charge in [0, 0.05) is 23.1 Å². The second-order valence-electron chi connectivity index (χ2n) is 4.73. The maximum absolute atomic E-state index is 11.9. The van der Waals surface area contributed by atoms with E-state index in [1.807, 2.05) is 17.8 Å². The summed E-state index contributed by atoms with van der Waals surface area (Å²) >= 11 is 1.96. The van der Waals surface area contributed by atoms with E-state index in [0.29, 0.717) is 17.7 Å². The van der Waals surface area contributed by atoms with Gasteiger partial charge in [-0.25, -0.2) is 0 Å². The van der Waals surface area contributed by atoms with Gasteiger partial charge >= 0.3 is 0 Å². The molecule has 1 N–H and O–H groups in total. The molecule has 1 aromatic carbocycles. The molecule has 0 radical (unpaired) electrons. The van der Waals surface area contributed by atoms with Crippen LogP contribution in [0.4, 0.5) is 0 Å². The van der Waals surface area contributed by atoms with Gasteiger partial charge in [-0.3, -0.25) is 4.79 Å². The molecule has 0 aromatic heterocycles. The number of hydrogen-bond acceptors (Lipinski definition) is 3. The van der Waals surface area contributed by atoms with E-state index < -0.39 is 0 Å². The molecule has 4 heteroatoms. The summed E-state index contributed by atoms with van der Waals surface area (Å²) in [6.45, 7) is 0.691. The van der Waals surface area contributed by atoms with E-state index in [1.54, 1.807) is 24.3 Å². The molecule has 1 aliphatic carbocycles. The Hall–Kier alpha value is -1.47. The molecule has 1 amide bonds. The Morgan fingerprint density at radius 1 is 1.42 bits per heavy atom. The zero-order valence-corrected chi connectivity index (χ0v) is 11.7. The van der Waals surface area contributed by atoms with Gasteiger partial charge in [-0.2, -0.15) is 17.0 Å². The normalized spacial score (nSPS) is 15.1. The Morgan fingerprint density at radius 2 is 2.21 bits per heavy atom. The van der Waals surface area contributed by atoms with Gasteiger partial charge in [-0.15, -0.1) is 0 Å². The molecule has 3 nitrogen and oxygen atoms in total. The molecule has 0 unspecified atom stereocenters. The predicted octanol–water partition coefficient (Wildman–Crippen LogP) is 2.96. The van der Waals surface area contributed by atoms with E-state index in [2.05, 4.69) is 5.32 Å². The largest absolute Gasteiger partial charge is 0.351 e. The fourth-order valence-electron chi connectivity index (χ4n) is 2.28. The number of thioether (sulfide) groups is 1. The van der Waals surface area contributed by atoms with Crippen LogP contribution in [0.2, 0.25) is 0 Å². The lowest BCUT2D eigenvalue weighted by atomic mass is 10.1. The van der Waals surface area contributed by atoms with Gasteiger partial charge in [0.05, 0.1) is 11.6 Å². The topological polar surface area (TPSA) is 52.9 Å². The van der Waals surface area contributed by atoms with Crippen LogP contribution in [0.15, 0.2) is 24.3 Å². The van der Waals surface area contributed by atoms with Crippen molar-refractivity contribution in [2.24, 2.45) is 0 Å². The first-order chi connectivity index (χ1) is 9.29. The van der Waals surface area contributed by atoms with Crippen molar-refractivity contribution in [3.63, 3.8) is 0 Å². The van der Waals surface area contributed by atoms with E-state index in [9.17, 15) is 4.79 Å². The van der Waals surface area contributed by atoms with E-state index in [0.717, 1.165) is 11.0 Å². The van der Waals surface area contributed by atoms with Gasteiger partial charge in [0.25, 0.3) is 5.91 Å². The maximum atomic E-state index is 11.9. The Kier molecular flexibility index (Phi) is 5.29. The third-order valence-corrected chi connectivity index (χ3v) is 4.68. The lowest BCUT2D eigenvalue weighted by Gasteiger charge is -2.09. The molecule has 1 fully saturated rings. The molecule has 0 bridgehead atoms. The minimum atomic E-state index is -0.0934. The first-order valence-corrected chi connectivity index (χ1v) is 7.74. The molecule has 0 saturated heterocycles. The lowest BCUT2D eigenvalue weighted by molar-refractivity contribution is 0.0956. The lowest BCUT2D eigenvalue weighted by Crippen LogP contribution is -2.26. The standard InChI is InChI=1S/C15H18N2OS/c16-11-12-4-3-5-13(10-12)15(18)17-8-9-19-14-6-1-2-7-14/h3-5,10,14H,1-2,6-9H2,(H,17,18). The highest BCUT2D eigenvalue weighted by Crippen LogP contribution is 2.28. The summed E-state index contributed by atoms with van der Waals surface area (Å²) in [6, 6.07) is 8.84. The number of rotatable bonds is 5. The molecular formula is C15H18N2OS. The maximum Gasteiger partial charge on any atom is 0.251 e. The SMILES string of the molecule is N#Cc1cccc(C(=O)NCCSC2CCCC2)c1. The summed E-state index contributed by atoms with van der Waals surface area (Å²) in [5.74, 6) is 0.873. The average molecular weight is 274 g/mol. The van der Waals surface area contributed by atoms with E-state index in [-0.39, 0.29) is 5.91 Å². The summed E-state index contributed by atoms with van der Waals surface area (Å²) in [7, 11) is 0. The van der Waals surface area contributed by atoms with Crippen LogP contribution in [0.1, 0.15) is 41.6 Å². The highest BCUT2D eigenvalue weighted by Gasteiger charge is 2.14. The number of nitrogens with one attached hydrogen (secondary N) is 1. The van der Waals surface area contributed by atoms with Crippen LogP contribution in [0.3, 0.4) is 0 Å². The van der Waals surface area contributed by atoms with Gasteiger partial charge in [0.2, 0.25) is 0 Å². The molecule has 0 heterocycles. The third kappa shape index (κ3) is 4.29. The molecule has 19 heavy (non-hydrogen) atoms. The van der Waals surface area contributed by atoms with E-state index >= 15 is 0 Å². The Labute approximate surface area is 118 Å². The Bertz CT molecular complexity index is 475. The van der Waals surface area contributed by atoms with Crippen molar-refractivity contribution in [3.05, 3.63) is 35.4 Å². The van der Waals surface area contributed by atoms with Crippen molar-refractivity contribution in [3.8, 4) is 6.07 Å². The fourth-order valence-corrected chi connectivity index (χ4v) is 3.50. The van der Waals surface area contributed by atoms with Gasteiger partial charge in [0.1, 0.15) is 0 Å². The summed E-state index contributed by atoms with van der Waals surface area (Å²) in [5, 5.41) is 12.5. The summed E-state index contributed by atoms with van der Waals surface area (Å²) in [6.07, 6.45) is 5.35. The average Bonchev–Trinajstić information content (AvgIpc) is 2.96. The van der Waals surface area contributed by atoms with Crippen LogP contribution in [-0.2, 0) is 0 Å². The van der Waals surface area contributed by atoms with Gasteiger partial charge in [0.15, 0.2) is 0 Å². The number of amides is 1. The van der Waals surface area contributed by atoms with Crippen molar-refractivity contribution in [2.75, 3.05) is 12.3 Å². The smallest absolute Gasteiger partial charge is 0.251 e. The first-order valence-electron chi connectivity index (χ1n) is 6.69. The zero-order chi connectivity index (χ0) is 13.5. The van der Waals surface area contributed by atoms with Crippen molar-refractivity contribution in [2.45, 2.75) is 30.9 Å². The molecule has 1 aliphatic rings. The Balaban J connectivity index is 1.73. The number of hydrogen-bond donors (Lipinski definition) is 1. The Morgan fingerprint density at radius 3 is 2.95 bits per heavy atom. The molecule has 1 aromatic rings. The molecule has 2 rings (SSSR count). The predicted molar refractivity (Wildman–Crippen MR) is 78.2 cm³/mol. The van der Waals surface area contributed by atoms with Crippen LogP contribution in [-0.4, -0.2) is 23.5 Å². The number of benzene rings is 1. The molecule has 1 saturated carbocycles. The summed E-state index contributed by atoms with van der Waals surface area (Å²) < 4.78 is 0. The highest BCUT2D eigenvalue weighted by molar-refractivity contribution is 7.99. The highest BCUT2D eigenvalue weighted by atomic mass is 32.2. The molecule has 0 aliphatic heterocycles. The number of carbonyl (C=O) groups excluding carboxylic acids is 1. The van der Waals surface area contributed by atoms with Crippen molar-refractivity contribution in [1.82, 2.24) is 5.32 Å². The van der Waals surface area contributed by atoms with E-state index in [1.165, 1.54) is 25.7 Å². The van der Waals surface area contributed by atoms with Crippen LogP contribution in [0.25, 0.3) is 0 Å². The number of nitrogens with zero attached hydrogens (tertiary/aromatic N) is 1. The summed E-state index contributed by atoms with van der Waals surface area (Å²) in [5.41, 5.74) is 1.08. The quantitative estimate of drug-likeness (QED) is 0.840. The van der Waals surface area contributed by atoms with Crippen LogP contribution in [0, 0.1) is 11.3 Å². The van der Waals surface area contributed by atoms with Crippen molar-refractivity contribution < 1.29 is 4.79 Å². The molecule has 0 spiro atoms. The van der Waals surface area contributed by atoms with E-state index in [4.69, 9.17) is 5.26 Å². The summed E-state index contributed by atoms with van der Waals surface area (Å²) in [4.78, 5) is 11.9. The third-order valence-electron chi connectivity index (χ3n) is 3.30. The minimum Gasteiger partial charge on any atom is -0.351 e. The monoisotopic (exact) mass is 274 g/mol. The van der Waals surface area contributed by atoms with Gasteiger partial charge in [-0.05, 0) is 31.0 Å². The first kappa shape index (κ1) is 14.0. The molecular weight excluding hydrogens is 256 g/mol.